The summed E-state index contributed by atoms with van der Waals surface area (Å²) in [6.07, 6.45) is 3.84. The maximum Gasteiger partial charge on any atom is 0.521 e. The van der Waals surface area contributed by atoms with Crippen molar-refractivity contribution in [3.05, 3.63) is 0 Å². The molecule has 0 aromatic carbocycles. The van der Waals surface area contributed by atoms with Crippen LogP contribution < -0.4 is 0 Å². The summed E-state index contributed by atoms with van der Waals surface area (Å²) in [6.45, 7) is 12.0. The monoisotopic (exact) mass is 434 g/mol. The zero-order valence-electron chi connectivity index (χ0n) is 18.3. The van der Waals surface area contributed by atoms with Gasteiger partial charge in [0.15, 0.2) is 0 Å². The Balaban J connectivity index is 1.74. The van der Waals surface area contributed by atoms with E-state index in [1.165, 1.54) is 0 Å². The molecule has 8 atom stereocenters. The van der Waals surface area contributed by atoms with Gasteiger partial charge in [-0.25, -0.2) is 0 Å². The van der Waals surface area contributed by atoms with Crippen LogP contribution in [0.2, 0.25) is 11.6 Å². The van der Waals surface area contributed by atoms with Gasteiger partial charge in [0.05, 0.1) is 0 Å². The van der Waals surface area contributed by atoms with Gasteiger partial charge in [-0.3, -0.25) is 0 Å². The summed E-state index contributed by atoms with van der Waals surface area (Å²) in [6, 6.07) is 0. The molecule has 6 aliphatic carbocycles. The average Bonchev–Trinajstić information content (AvgIpc) is 2.58. The first-order valence-corrected chi connectivity index (χ1v) is 12.5. The summed E-state index contributed by atoms with van der Waals surface area (Å²) < 4.78 is 69.6. The third kappa shape index (κ3) is 3.05. The van der Waals surface area contributed by atoms with Crippen molar-refractivity contribution >= 4 is 17.0 Å². The van der Waals surface area contributed by atoms with Crippen LogP contribution >= 0.6 is 0 Å². The van der Waals surface area contributed by atoms with Gasteiger partial charge in [0, 0.05) is 0 Å². The van der Waals surface area contributed by atoms with Crippen LogP contribution in [-0.4, -0.2) is 20.8 Å². The number of rotatable bonds is 4. The lowest BCUT2D eigenvalue weighted by atomic mass is 9.25. The molecule has 6 rings (SSSR count). The molecule has 6 aliphatic rings. The second-order valence-corrected chi connectivity index (χ2v) is 13.3. The Hall–Kier alpha value is -0.235. The molecule has 0 radical (unpaired) electrons. The number of fused-ring (bicyclic) bond motifs is 4. The van der Waals surface area contributed by atoms with Crippen molar-refractivity contribution in [2.24, 2.45) is 46.3 Å². The molecule has 3 nitrogen and oxygen atoms in total. The lowest BCUT2D eigenvalue weighted by Crippen LogP contribution is -2.62. The van der Waals surface area contributed by atoms with Crippen LogP contribution in [0.3, 0.4) is 0 Å². The van der Waals surface area contributed by atoms with Gasteiger partial charge in [-0.2, -0.15) is 21.6 Å². The average molecular weight is 434 g/mol. The molecule has 4 bridgehead atoms. The van der Waals surface area contributed by atoms with Gasteiger partial charge in [0.25, 0.3) is 0 Å². The predicted molar refractivity (Wildman–Crippen MR) is 108 cm³/mol. The minimum atomic E-state index is -5.63. The molecule has 0 spiro atoms. The van der Waals surface area contributed by atoms with E-state index in [4.69, 9.17) is 4.10 Å². The van der Waals surface area contributed by atoms with Crippen LogP contribution in [0.5, 0.6) is 0 Å². The van der Waals surface area contributed by atoms with Gasteiger partial charge in [-0.15, -0.1) is 0 Å². The summed E-state index contributed by atoms with van der Waals surface area (Å²) >= 11 is 0. The van der Waals surface area contributed by atoms with Crippen molar-refractivity contribution in [3.8, 4) is 0 Å². The van der Waals surface area contributed by atoms with Crippen LogP contribution in [0.15, 0.2) is 0 Å². The SMILES string of the molecule is C[C@H]1C[C@@H]2C[C@H]([C@@H]1B(OS(=O)(=O)C(F)(F)F)[C@H]1[C@H]3C[C@@H](C[C@@H]1C)C3(C)C)C2(C)C. The molecular formula is C21H34BF3O3S. The van der Waals surface area contributed by atoms with Crippen molar-refractivity contribution in [2.75, 3.05) is 0 Å². The van der Waals surface area contributed by atoms with Gasteiger partial charge in [-0.1, -0.05) is 41.5 Å². The van der Waals surface area contributed by atoms with Gasteiger partial charge >= 0.3 is 22.5 Å². The predicted octanol–water partition coefficient (Wildman–Crippen LogP) is 5.99. The first-order chi connectivity index (χ1) is 13.1. The van der Waals surface area contributed by atoms with Crippen molar-refractivity contribution in [1.82, 2.24) is 0 Å². The van der Waals surface area contributed by atoms with Crippen molar-refractivity contribution < 1.29 is 25.7 Å². The topological polar surface area (TPSA) is 43.4 Å². The zero-order chi connectivity index (χ0) is 21.7. The summed E-state index contributed by atoms with van der Waals surface area (Å²) in [5, 5.41) is 0. The minimum Gasteiger partial charge on any atom is -0.326 e. The second kappa shape index (κ2) is 6.40. The van der Waals surface area contributed by atoms with Crippen molar-refractivity contribution in [3.63, 3.8) is 0 Å². The van der Waals surface area contributed by atoms with E-state index in [0.717, 1.165) is 25.7 Å². The van der Waals surface area contributed by atoms with Gasteiger partial charge in [0.2, 0.25) is 0 Å². The Morgan fingerprint density at radius 3 is 1.52 bits per heavy atom. The first kappa shape index (κ1) is 22.0. The van der Waals surface area contributed by atoms with Crippen molar-refractivity contribution in [1.29, 1.82) is 0 Å². The fourth-order valence-electron chi connectivity index (χ4n) is 7.92. The summed E-state index contributed by atoms with van der Waals surface area (Å²) in [4.78, 5) is 0. The number of hydrogen-bond acceptors (Lipinski definition) is 3. The quantitative estimate of drug-likeness (QED) is 0.403. The maximum atomic E-state index is 13.3. The fourth-order valence-corrected chi connectivity index (χ4v) is 8.57. The van der Waals surface area contributed by atoms with Crippen LogP contribution in [0.25, 0.3) is 0 Å². The van der Waals surface area contributed by atoms with E-state index < -0.39 is 22.5 Å². The molecule has 0 aliphatic heterocycles. The van der Waals surface area contributed by atoms with Crippen LogP contribution in [0.4, 0.5) is 13.2 Å². The van der Waals surface area contributed by atoms with E-state index in [-0.39, 0.29) is 46.1 Å². The summed E-state index contributed by atoms with van der Waals surface area (Å²) in [5.74, 6) is 1.65. The number of alkyl halides is 3. The lowest BCUT2D eigenvalue weighted by molar-refractivity contribution is -0.103. The second-order valence-electron chi connectivity index (χ2n) is 11.8. The Bertz CT molecular complexity index is 737. The van der Waals surface area contributed by atoms with E-state index in [2.05, 4.69) is 41.5 Å². The molecule has 0 N–H and O–H groups in total. The highest BCUT2D eigenvalue weighted by atomic mass is 32.2. The Kier molecular flexibility index (Phi) is 4.85. The van der Waals surface area contributed by atoms with Crippen LogP contribution in [0.1, 0.15) is 67.2 Å². The zero-order valence-corrected chi connectivity index (χ0v) is 19.1. The highest BCUT2D eigenvalue weighted by Crippen LogP contribution is 2.71. The van der Waals surface area contributed by atoms with E-state index in [0.29, 0.717) is 11.8 Å². The Labute approximate surface area is 173 Å². The summed E-state index contributed by atoms with van der Waals surface area (Å²) in [7, 11) is -5.63. The Morgan fingerprint density at radius 2 is 1.21 bits per heavy atom. The van der Waals surface area contributed by atoms with Crippen molar-refractivity contribution in [2.45, 2.75) is 84.4 Å². The molecule has 8 heteroatoms. The first-order valence-electron chi connectivity index (χ1n) is 11.1. The van der Waals surface area contributed by atoms with Gasteiger partial charge in [-0.05, 0) is 83.7 Å². The molecule has 0 saturated heterocycles. The molecule has 0 aromatic rings. The van der Waals surface area contributed by atoms with E-state index >= 15 is 0 Å². The molecule has 0 heterocycles. The number of halogens is 3. The largest absolute Gasteiger partial charge is 0.521 e. The summed E-state index contributed by atoms with van der Waals surface area (Å²) in [5.41, 5.74) is -5.30. The number of hydrogen-bond donors (Lipinski definition) is 0. The lowest BCUT2D eigenvalue weighted by Gasteiger charge is -2.67. The highest BCUT2D eigenvalue weighted by molar-refractivity contribution is 7.88. The third-order valence-electron chi connectivity index (χ3n) is 9.93. The molecule has 6 saturated carbocycles. The van der Waals surface area contributed by atoms with E-state index in [9.17, 15) is 21.6 Å². The van der Waals surface area contributed by atoms with E-state index in [1.807, 2.05) is 0 Å². The standard InChI is InChI=1S/C21H34BF3O3S/c1-11-7-13-9-15(19(13,3)4)17(11)22(28-29(26,27)21(23,24)25)18-12(2)8-14-10-16(18)20(14,5)6/h11-18H,7-10H2,1-6H3/t11-,12-,13+,14+,15+,16+,17+,18+/m0/s1. The van der Waals surface area contributed by atoms with E-state index in [1.54, 1.807) is 0 Å². The smallest absolute Gasteiger partial charge is 0.326 e. The molecule has 0 unspecified atom stereocenters. The fraction of sp³-hybridized carbons (Fsp3) is 1.00. The molecule has 0 amide bonds. The van der Waals surface area contributed by atoms with Gasteiger partial charge < -0.3 is 4.10 Å². The maximum absolute atomic E-state index is 13.3. The Morgan fingerprint density at radius 1 is 0.828 bits per heavy atom. The molecule has 0 aromatic heterocycles. The molecule has 166 valence electrons. The molecular weight excluding hydrogens is 400 g/mol. The normalized spacial score (nSPS) is 45.1. The van der Waals surface area contributed by atoms with Crippen LogP contribution in [0, 0.1) is 46.3 Å². The molecule has 6 fully saturated rings. The van der Waals surface area contributed by atoms with Crippen LogP contribution in [-0.2, 0) is 14.2 Å². The highest BCUT2D eigenvalue weighted by Gasteiger charge is 2.67. The molecule has 29 heavy (non-hydrogen) atoms. The third-order valence-corrected chi connectivity index (χ3v) is 11.0. The minimum absolute atomic E-state index is 0.0380. The van der Waals surface area contributed by atoms with Gasteiger partial charge in [0.1, 0.15) is 0 Å².